The van der Waals surface area contributed by atoms with Crippen molar-refractivity contribution >= 4 is 11.9 Å². The van der Waals surface area contributed by atoms with Gasteiger partial charge in [0.05, 0.1) is 5.56 Å². The number of aliphatic carboxylic acids is 1. The number of hydrogen-bond acceptors (Lipinski definition) is 3. The topological polar surface area (TPSA) is 86.6 Å². The summed E-state index contributed by atoms with van der Waals surface area (Å²) in [6, 6.07) is 6.73. The summed E-state index contributed by atoms with van der Waals surface area (Å²) in [7, 11) is 0. The first-order chi connectivity index (χ1) is 11.0. The van der Waals surface area contributed by atoms with Gasteiger partial charge in [-0.2, -0.15) is 0 Å². The highest BCUT2D eigenvalue weighted by Crippen LogP contribution is 2.39. The number of benzene rings is 1. The van der Waals surface area contributed by atoms with Gasteiger partial charge in [0.25, 0.3) is 0 Å². The maximum Gasteiger partial charge on any atom is 0.335 e. The van der Waals surface area contributed by atoms with Crippen molar-refractivity contribution in [3.63, 3.8) is 0 Å². The Morgan fingerprint density at radius 2 is 1.78 bits per heavy atom. The third-order valence-corrected chi connectivity index (χ3v) is 5.44. The van der Waals surface area contributed by atoms with Crippen molar-refractivity contribution in [2.75, 3.05) is 6.54 Å². The van der Waals surface area contributed by atoms with E-state index in [2.05, 4.69) is 5.32 Å². The van der Waals surface area contributed by atoms with Crippen LogP contribution in [0.3, 0.4) is 0 Å². The molecule has 0 bridgehead atoms. The molecule has 0 aromatic heterocycles. The number of aromatic carboxylic acids is 1. The maximum absolute atomic E-state index is 11.2. The molecular formula is C18H23NO4. The van der Waals surface area contributed by atoms with Crippen molar-refractivity contribution in [1.29, 1.82) is 0 Å². The molecule has 1 aliphatic carbocycles. The van der Waals surface area contributed by atoms with E-state index in [4.69, 9.17) is 5.11 Å². The summed E-state index contributed by atoms with van der Waals surface area (Å²) in [6.45, 7) is 0.821. The van der Waals surface area contributed by atoms with Crippen molar-refractivity contribution < 1.29 is 19.8 Å². The lowest BCUT2D eigenvalue weighted by atomic mass is 9.68. The van der Waals surface area contributed by atoms with Gasteiger partial charge in [-0.15, -0.1) is 0 Å². The highest BCUT2D eigenvalue weighted by molar-refractivity contribution is 5.87. The molecule has 4 atom stereocenters. The third-order valence-electron chi connectivity index (χ3n) is 5.44. The summed E-state index contributed by atoms with van der Waals surface area (Å²) in [6.07, 6.45) is 5.09. The van der Waals surface area contributed by atoms with Crippen LogP contribution in [0.25, 0.3) is 0 Å². The zero-order valence-electron chi connectivity index (χ0n) is 13.1. The molecule has 5 heteroatoms. The predicted octanol–water partition coefficient (Wildman–Crippen LogP) is 2.41. The van der Waals surface area contributed by atoms with Crippen LogP contribution in [0, 0.1) is 17.8 Å². The van der Waals surface area contributed by atoms with Gasteiger partial charge in [-0.25, -0.2) is 4.79 Å². The van der Waals surface area contributed by atoms with E-state index < -0.39 is 18.0 Å². The number of piperidine rings is 1. The first kappa shape index (κ1) is 16.0. The first-order valence-electron chi connectivity index (χ1n) is 8.31. The Labute approximate surface area is 135 Å². The molecule has 1 aromatic rings. The molecule has 2 aliphatic rings. The average molecular weight is 317 g/mol. The second-order valence-corrected chi connectivity index (χ2v) is 6.94. The van der Waals surface area contributed by atoms with E-state index in [1.165, 1.54) is 12.0 Å². The fourth-order valence-corrected chi connectivity index (χ4v) is 4.15. The standard InChI is InChI=1S/C18H23NO4/c20-17(21)13-4-1-11(2-5-13)7-12-3-6-14-10-19-16(18(22)23)9-15(14)8-12/h1-2,4-5,12,14-16,19H,3,6-10H2,(H,20,21)(H,22,23)/t12-,14?,15?,16?/m1/s1. The van der Waals surface area contributed by atoms with Gasteiger partial charge in [0.2, 0.25) is 0 Å². The zero-order valence-corrected chi connectivity index (χ0v) is 13.1. The van der Waals surface area contributed by atoms with Crippen LogP contribution in [-0.2, 0) is 11.2 Å². The van der Waals surface area contributed by atoms with Gasteiger partial charge in [-0.1, -0.05) is 12.1 Å². The van der Waals surface area contributed by atoms with Crippen LogP contribution in [0.4, 0.5) is 0 Å². The third kappa shape index (κ3) is 3.72. The van der Waals surface area contributed by atoms with E-state index in [9.17, 15) is 14.7 Å². The maximum atomic E-state index is 11.2. The van der Waals surface area contributed by atoms with Crippen LogP contribution in [0.2, 0.25) is 0 Å². The van der Waals surface area contributed by atoms with E-state index in [1.54, 1.807) is 12.1 Å². The van der Waals surface area contributed by atoms with Crippen molar-refractivity contribution in [2.24, 2.45) is 17.8 Å². The quantitative estimate of drug-likeness (QED) is 0.794. The van der Waals surface area contributed by atoms with E-state index in [0.717, 1.165) is 32.2 Å². The molecule has 3 unspecified atom stereocenters. The number of carboxylic acid groups (broad SMARTS) is 2. The van der Waals surface area contributed by atoms with Gasteiger partial charge < -0.3 is 15.5 Å². The van der Waals surface area contributed by atoms with Crippen LogP contribution in [0.1, 0.15) is 41.6 Å². The molecule has 1 saturated carbocycles. The monoisotopic (exact) mass is 317 g/mol. The first-order valence-corrected chi connectivity index (χ1v) is 8.31. The van der Waals surface area contributed by atoms with E-state index >= 15 is 0 Å². The highest BCUT2D eigenvalue weighted by atomic mass is 16.4. The second kappa shape index (κ2) is 6.71. The molecule has 0 amide bonds. The Balaban J connectivity index is 1.59. The van der Waals surface area contributed by atoms with Gasteiger partial charge in [0, 0.05) is 0 Å². The van der Waals surface area contributed by atoms with Gasteiger partial charge in [-0.3, -0.25) is 4.79 Å². The molecule has 124 valence electrons. The number of hydrogen-bond donors (Lipinski definition) is 3. The number of carboxylic acids is 2. The molecule has 0 spiro atoms. The Bertz CT molecular complexity index is 583. The molecule has 23 heavy (non-hydrogen) atoms. The number of carbonyl (C=O) groups is 2. The molecule has 5 nitrogen and oxygen atoms in total. The van der Waals surface area contributed by atoms with Crippen LogP contribution in [0.15, 0.2) is 24.3 Å². The van der Waals surface area contributed by atoms with Crippen LogP contribution < -0.4 is 5.32 Å². The molecule has 1 heterocycles. The molecule has 1 aromatic carbocycles. The number of fused-ring (bicyclic) bond motifs is 1. The minimum atomic E-state index is -0.897. The minimum absolute atomic E-state index is 0.320. The summed E-state index contributed by atoms with van der Waals surface area (Å²) in [5, 5.41) is 21.3. The smallest absolute Gasteiger partial charge is 0.335 e. The summed E-state index contributed by atoms with van der Waals surface area (Å²) < 4.78 is 0. The molecule has 2 fully saturated rings. The molecular weight excluding hydrogens is 294 g/mol. The number of rotatable bonds is 4. The zero-order chi connectivity index (χ0) is 16.4. The Morgan fingerprint density at radius 3 is 2.43 bits per heavy atom. The largest absolute Gasteiger partial charge is 0.480 e. The van der Waals surface area contributed by atoms with Crippen LogP contribution in [0.5, 0.6) is 0 Å². The predicted molar refractivity (Wildman–Crippen MR) is 85.5 cm³/mol. The van der Waals surface area contributed by atoms with Gasteiger partial charge in [0.1, 0.15) is 6.04 Å². The summed E-state index contributed by atoms with van der Waals surface area (Å²) in [4.78, 5) is 22.1. The van der Waals surface area contributed by atoms with Crippen molar-refractivity contribution in [3.05, 3.63) is 35.4 Å². The lowest BCUT2D eigenvalue weighted by molar-refractivity contribution is -0.141. The van der Waals surface area contributed by atoms with E-state index in [1.807, 2.05) is 12.1 Å². The van der Waals surface area contributed by atoms with Crippen molar-refractivity contribution in [3.8, 4) is 0 Å². The van der Waals surface area contributed by atoms with Crippen molar-refractivity contribution in [2.45, 2.75) is 38.1 Å². The summed E-state index contributed by atoms with van der Waals surface area (Å²) in [5.74, 6) is 0.0337. The molecule has 1 saturated heterocycles. The van der Waals surface area contributed by atoms with Crippen LogP contribution >= 0.6 is 0 Å². The molecule has 3 rings (SSSR count). The molecule has 3 N–H and O–H groups in total. The molecule has 1 aliphatic heterocycles. The highest BCUT2D eigenvalue weighted by Gasteiger charge is 2.37. The van der Waals surface area contributed by atoms with Gasteiger partial charge in [-0.05, 0) is 74.1 Å². The Morgan fingerprint density at radius 1 is 1.04 bits per heavy atom. The summed E-state index contributed by atoms with van der Waals surface area (Å²) in [5.41, 5.74) is 1.49. The summed E-state index contributed by atoms with van der Waals surface area (Å²) >= 11 is 0. The van der Waals surface area contributed by atoms with Crippen LogP contribution in [-0.4, -0.2) is 34.7 Å². The van der Waals surface area contributed by atoms with E-state index in [-0.39, 0.29) is 0 Å². The normalized spacial score (nSPS) is 30.4. The molecule has 0 radical (unpaired) electrons. The fraction of sp³-hybridized carbons (Fsp3) is 0.556. The fourth-order valence-electron chi connectivity index (χ4n) is 4.15. The SMILES string of the molecule is O=C(O)c1ccc(C[C@H]2CCC3CNC(C(=O)O)CC3C2)cc1. The Hall–Kier alpha value is -1.88. The number of nitrogens with one attached hydrogen (secondary N) is 1. The van der Waals surface area contributed by atoms with Gasteiger partial charge in [0.15, 0.2) is 0 Å². The minimum Gasteiger partial charge on any atom is -0.480 e. The van der Waals surface area contributed by atoms with Crippen molar-refractivity contribution in [1.82, 2.24) is 5.32 Å². The van der Waals surface area contributed by atoms with Gasteiger partial charge >= 0.3 is 11.9 Å². The lowest BCUT2D eigenvalue weighted by Gasteiger charge is -2.41. The Kier molecular flexibility index (Phi) is 4.66. The average Bonchev–Trinajstić information content (AvgIpc) is 2.54. The van der Waals surface area contributed by atoms with E-state index in [0.29, 0.717) is 23.3 Å². The second-order valence-electron chi connectivity index (χ2n) is 6.94. The lowest BCUT2D eigenvalue weighted by Crippen LogP contribution is -2.49.